The highest BCUT2D eigenvalue weighted by Gasteiger charge is 2.44. The van der Waals surface area contributed by atoms with Crippen LogP contribution in [0.1, 0.15) is 11.1 Å². The molecule has 0 radical (unpaired) electrons. The Balaban J connectivity index is 1.52. The Labute approximate surface area is 187 Å². The summed E-state index contributed by atoms with van der Waals surface area (Å²) < 4.78 is 21.6. The minimum atomic E-state index is -1.48. The standard InChI is InChI=1S/C23H31NO8/c1-29-17-7-6-15(11-18(17)30-2)12-24-9-8-14-4-3-5-16(10-14)31-23-22(28)21(27)20(26)19(13-25)32-23/h3-7,10-11,19-28H,8-9,12-13H2,1-2H3/t19-,20-,21-,22-,23-/m1/s1. The molecule has 1 aliphatic rings. The zero-order valence-corrected chi connectivity index (χ0v) is 18.2. The van der Waals surface area contributed by atoms with E-state index in [0.717, 1.165) is 24.1 Å². The molecule has 0 unspecified atom stereocenters. The molecule has 0 aromatic heterocycles. The SMILES string of the molecule is COc1ccc(CNCCc2cccc(O[C@@H]3O[C@H](CO)[C@@H](O)[C@@H](O)[C@H]3O)c2)cc1OC. The third kappa shape index (κ3) is 5.89. The molecule has 9 nitrogen and oxygen atoms in total. The number of nitrogens with one attached hydrogen (secondary N) is 1. The number of hydrogen-bond acceptors (Lipinski definition) is 9. The molecular formula is C23H31NO8. The van der Waals surface area contributed by atoms with E-state index in [2.05, 4.69) is 5.32 Å². The molecule has 0 saturated carbocycles. The van der Waals surface area contributed by atoms with Crippen LogP contribution in [0, 0.1) is 0 Å². The monoisotopic (exact) mass is 449 g/mol. The third-order valence-electron chi connectivity index (χ3n) is 5.37. The molecule has 9 heteroatoms. The largest absolute Gasteiger partial charge is 0.493 e. The Morgan fingerprint density at radius 2 is 1.69 bits per heavy atom. The Morgan fingerprint density at radius 3 is 2.41 bits per heavy atom. The van der Waals surface area contributed by atoms with Gasteiger partial charge in [0.1, 0.15) is 30.2 Å². The number of benzene rings is 2. The summed E-state index contributed by atoms with van der Waals surface area (Å²) in [7, 11) is 3.21. The molecule has 2 aromatic carbocycles. The van der Waals surface area contributed by atoms with E-state index >= 15 is 0 Å². The molecular weight excluding hydrogens is 418 g/mol. The summed E-state index contributed by atoms with van der Waals surface area (Å²) >= 11 is 0. The average Bonchev–Trinajstić information content (AvgIpc) is 2.82. The Kier molecular flexibility index (Phi) is 8.68. The predicted molar refractivity (Wildman–Crippen MR) is 116 cm³/mol. The number of methoxy groups -OCH3 is 2. The first-order chi connectivity index (χ1) is 15.5. The quantitative estimate of drug-likeness (QED) is 0.323. The number of ether oxygens (including phenoxy) is 4. The first-order valence-electron chi connectivity index (χ1n) is 10.4. The van der Waals surface area contributed by atoms with Gasteiger partial charge < -0.3 is 44.7 Å². The van der Waals surface area contributed by atoms with Crippen molar-refractivity contribution in [1.29, 1.82) is 0 Å². The van der Waals surface area contributed by atoms with Crippen molar-refractivity contribution in [3.63, 3.8) is 0 Å². The first kappa shape index (κ1) is 24.2. The van der Waals surface area contributed by atoms with Crippen LogP contribution in [-0.2, 0) is 17.7 Å². The number of aliphatic hydroxyl groups excluding tert-OH is 4. The van der Waals surface area contributed by atoms with Crippen LogP contribution in [0.4, 0.5) is 0 Å². The van der Waals surface area contributed by atoms with E-state index in [0.29, 0.717) is 23.8 Å². The second kappa shape index (κ2) is 11.5. The summed E-state index contributed by atoms with van der Waals surface area (Å²) in [6.07, 6.45) is -5.82. The smallest absolute Gasteiger partial charge is 0.229 e. The predicted octanol–water partition coefficient (Wildman–Crippen LogP) is 0.215. The second-order valence-corrected chi connectivity index (χ2v) is 7.58. The van der Waals surface area contributed by atoms with Gasteiger partial charge in [0.15, 0.2) is 11.5 Å². The minimum Gasteiger partial charge on any atom is -0.493 e. The average molecular weight is 450 g/mol. The molecule has 3 rings (SSSR count). The van der Waals surface area contributed by atoms with Gasteiger partial charge in [-0.2, -0.15) is 0 Å². The van der Waals surface area contributed by atoms with Crippen molar-refractivity contribution in [2.24, 2.45) is 0 Å². The van der Waals surface area contributed by atoms with E-state index in [4.69, 9.17) is 18.9 Å². The van der Waals surface area contributed by atoms with Gasteiger partial charge in [-0.1, -0.05) is 18.2 Å². The van der Waals surface area contributed by atoms with Gasteiger partial charge in [-0.25, -0.2) is 0 Å². The lowest BCUT2D eigenvalue weighted by atomic mass is 9.99. The van der Waals surface area contributed by atoms with Gasteiger partial charge in [-0.05, 0) is 48.4 Å². The maximum atomic E-state index is 10.1. The van der Waals surface area contributed by atoms with Crippen molar-refractivity contribution in [3.05, 3.63) is 53.6 Å². The Hall–Kier alpha value is -2.40. The fraction of sp³-hybridized carbons (Fsp3) is 0.478. The lowest BCUT2D eigenvalue weighted by molar-refractivity contribution is -0.277. The summed E-state index contributed by atoms with van der Waals surface area (Å²) in [4.78, 5) is 0. The van der Waals surface area contributed by atoms with Gasteiger partial charge in [-0.3, -0.25) is 0 Å². The second-order valence-electron chi connectivity index (χ2n) is 7.58. The number of rotatable bonds is 10. The van der Waals surface area contributed by atoms with Crippen LogP contribution in [0.2, 0.25) is 0 Å². The maximum Gasteiger partial charge on any atom is 0.229 e. The molecule has 0 spiro atoms. The van der Waals surface area contributed by atoms with Crippen LogP contribution in [0.3, 0.4) is 0 Å². The van der Waals surface area contributed by atoms with E-state index in [1.54, 1.807) is 20.3 Å². The maximum absolute atomic E-state index is 10.1. The molecule has 0 bridgehead atoms. The molecule has 1 aliphatic heterocycles. The fourth-order valence-corrected chi connectivity index (χ4v) is 3.53. The van der Waals surface area contributed by atoms with Crippen molar-refractivity contribution >= 4 is 0 Å². The molecule has 1 heterocycles. The summed E-state index contributed by atoms with van der Waals surface area (Å²) in [6.45, 7) is 0.885. The van der Waals surface area contributed by atoms with Crippen LogP contribution < -0.4 is 19.5 Å². The Morgan fingerprint density at radius 1 is 0.906 bits per heavy atom. The third-order valence-corrected chi connectivity index (χ3v) is 5.37. The van der Waals surface area contributed by atoms with E-state index in [-0.39, 0.29) is 0 Å². The normalized spacial score (nSPS) is 25.4. The zero-order valence-electron chi connectivity index (χ0n) is 18.2. The van der Waals surface area contributed by atoms with Crippen molar-refractivity contribution in [2.75, 3.05) is 27.4 Å². The molecule has 0 amide bonds. The van der Waals surface area contributed by atoms with E-state index in [9.17, 15) is 20.4 Å². The van der Waals surface area contributed by atoms with Crippen molar-refractivity contribution in [3.8, 4) is 17.2 Å². The topological polar surface area (TPSA) is 130 Å². The van der Waals surface area contributed by atoms with Gasteiger partial charge in [-0.15, -0.1) is 0 Å². The van der Waals surface area contributed by atoms with Gasteiger partial charge in [0, 0.05) is 6.54 Å². The van der Waals surface area contributed by atoms with Gasteiger partial charge >= 0.3 is 0 Å². The summed E-state index contributed by atoms with van der Waals surface area (Å²) in [5.41, 5.74) is 2.08. The Bertz CT molecular complexity index is 862. The lowest BCUT2D eigenvalue weighted by Crippen LogP contribution is -2.60. The molecule has 1 saturated heterocycles. The number of aliphatic hydroxyl groups is 4. The van der Waals surface area contributed by atoms with Crippen LogP contribution in [0.15, 0.2) is 42.5 Å². The van der Waals surface area contributed by atoms with Crippen LogP contribution in [0.5, 0.6) is 17.2 Å². The molecule has 176 valence electrons. The highest BCUT2D eigenvalue weighted by Crippen LogP contribution is 2.27. The summed E-state index contributed by atoms with van der Waals surface area (Å²) in [5, 5.41) is 42.6. The van der Waals surface area contributed by atoms with E-state index < -0.39 is 37.3 Å². The van der Waals surface area contributed by atoms with E-state index in [1.807, 2.05) is 36.4 Å². The fourth-order valence-electron chi connectivity index (χ4n) is 3.53. The van der Waals surface area contributed by atoms with Crippen molar-refractivity contribution in [2.45, 2.75) is 43.7 Å². The van der Waals surface area contributed by atoms with Gasteiger partial charge in [0.25, 0.3) is 0 Å². The lowest BCUT2D eigenvalue weighted by Gasteiger charge is -2.39. The van der Waals surface area contributed by atoms with E-state index in [1.165, 1.54) is 0 Å². The minimum absolute atomic E-state index is 0.451. The van der Waals surface area contributed by atoms with Crippen LogP contribution in [0.25, 0.3) is 0 Å². The molecule has 2 aromatic rings. The highest BCUT2D eigenvalue weighted by atomic mass is 16.7. The molecule has 0 aliphatic carbocycles. The van der Waals surface area contributed by atoms with Crippen LogP contribution >= 0.6 is 0 Å². The zero-order chi connectivity index (χ0) is 23.1. The number of hydrogen-bond donors (Lipinski definition) is 5. The van der Waals surface area contributed by atoms with Crippen molar-refractivity contribution in [1.82, 2.24) is 5.32 Å². The molecule has 5 N–H and O–H groups in total. The van der Waals surface area contributed by atoms with Crippen LogP contribution in [-0.4, -0.2) is 78.5 Å². The summed E-state index contributed by atoms with van der Waals surface area (Å²) in [6, 6.07) is 13.1. The molecule has 1 fully saturated rings. The molecule has 32 heavy (non-hydrogen) atoms. The van der Waals surface area contributed by atoms with Gasteiger partial charge in [0.2, 0.25) is 6.29 Å². The van der Waals surface area contributed by atoms with Crippen molar-refractivity contribution < 1.29 is 39.4 Å². The van der Waals surface area contributed by atoms with Gasteiger partial charge in [0.05, 0.1) is 20.8 Å². The summed E-state index contributed by atoms with van der Waals surface area (Å²) in [5.74, 6) is 1.82. The highest BCUT2D eigenvalue weighted by molar-refractivity contribution is 5.42. The molecule has 5 atom stereocenters. The first-order valence-corrected chi connectivity index (χ1v) is 10.4.